The number of nitro groups is 1. The van der Waals surface area contributed by atoms with Crippen molar-refractivity contribution in [2.45, 2.75) is 32.4 Å². The number of carbonyl (C=O) groups is 2. The third-order valence-electron chi connectivity index (χ3n) is 7.47. The molecule has 0 saturated carbocycles. The first-order chi connectivity index (χ1) is 22.1. The second-order valence-electron chi connectivity index (χ2n) is 10.9. The monoisotopic (exact) mass is 647 g/mol. The molecule has 0 bridgehead atoms. The molecule has 240 valence electrons. The number of nitrogens with one attached hydrogen (secondary N) is 3. The van der Waals surface area contributed by atoms with Gasteiger partial charge in [-0.05, 0) is 46.4 Å². The van der Waals surface area contributed by atoms with Crippen molar-refractivity contribution in [1.82, 2.24) is 25.2 Å². The standard InChI is InChI=1S/C31H33N7O7S/c39-29(33-17-22-6-9-26(10-7-22)27-19-34-30(35-27)38(41)42)16-25-8-11-28(32-18-25)36-46(43,44)21-24-12-14-37(15-13-24)31(40)45-20-23-4-2-1-3-5-23/h1-11,18-19,24H,12-17,20-21H2,(H,32,36)(H,33,39)(H,34,35). The van der Waals surface area contributed by atoms with E-state index < -0.39 is 21.0 Å². The minimum absolute atomic E-state index is 0.0578. The van der Waals surface area contributed by atoms with Crippen LogP contribution in [0.4, 0.5) is 16.6 Å². The third kappa shape index (κ3) is 9.11. The quantitative estimate of drug-likeness (QED) is 0.151. The van der Waals surface area contributed by atoms with E-state index in [0.29, 0.717) is 37.2 Å². The average Bonchev–Trinajstić information content (AvgIpc) is 3.55. The molecule has 4 aromatic rings. The lowest BCUT2D eigenvalue weighted by molar-refractivity contribution is -0.393. The van der Waals surface area contributed by atoms with Crippen LogP contribution in [0.15, 0.2) is 79.1 Å². The van der Waals surface area contributed by atoms with Gasteiger partial charge in [-0.3, -0.25) is 9.52 Å². The lowest BCUT2D eigenvalue weighted by Crippen LogP contribution is -2.40. The van der Waals surface area contributed by atoms with Gasteiger partial charge >= 0.3 is 12.0 Å². The number of imidazole rings is 1. The number of hydrogen-bond donors (Lipinski definition) is 3. The minimum atomic E-state index is -3.68. The Labute approximate surface area is 265 Å². The van der Waals surface area contributed by atoms with Crippen LogP contribution >= 0.6 is 0 Å². The van der Waals surface area contributed by atoms with Gasteiger partial charge in [0.25, 0.3) is 0 Å². The van der Waals surface area contributed by atoms with Gasteiger partial charge in [0.1, 0.15) is 24.3 Å². The Hall–Kier alpha value is -5.31. The third-order valence-corrected chi connectivity index (χ3v) is 8.90. The highest BCUT2D eigenvalue weighted by Crippen LogP contribution is 2.22. The fourth-order valence-electron chi connectivity index (χ4n) is 4.99. The highest BCUT2D eigenvalue weighted by atomic mass is 32.2. The van der Waals surface area contributed by atoms with Crippen molar-refractivity contribution in [3.8, 4) is 11.3 Å². The molecule has 5 rings (SSSR count). The van der Waals surface area contributed by atoms with Crippen molar-refractivity contribution >= 4 is 33.8 Å². The maximum absolute atomic E-state index is 12.8. The highest BCUT2D eigenvalue weighted by Gasteiger charge is 2.27. The lowest BCUT2D eigenvalue weighted by Gasteiger charge is -2.31. The van der Waals surface area contributed by atoms with Crippen LogP contribution in [-0.4, -0.2) is 64.0 Å². The summed E-state index contributed by atoms with van der Waals surface area (Å²) in [6, 6.07) is 19.7. The Morgan fingerprint density at radius 2 is 1.67 bits per heavy atom. The summed E-state index contributed by atoms with van der Waals surface area (Å²) in [4.78, 5) is 47.2. The Balaban J connectivity index is 1.02. The summed E-state index contributed by atoms with van der Waals surface area (Å²) in [6.45, 7) is 1.31. The van der Waals surface area contributed by atoms with Crippen LogP contribution in [0.1, 0.15) is 29.5 Å². The number of sulfonamides is 1. The van der Waals surface area contributed by atoms with Crippen LogP contribution in [0.25, 0.3) is 11.3 Å². The van der Waals surface area contributed by atoms with E-state index in [1.165, 1.54) is 18.5 Å². The molecule has 1 saturated heterocycles. The number of nitrogens with zero attached hydrogens (tertiary/aromatic N) is 4. The molecule has 2 aromatic carbocycles. The summed E-state index contributed by atoms with van der Waals surface area (Å²) in [5.74, 6) is -0.609. The molecule has 3 heterocycles. The van der Waals surface area contributed by atoms with Crippen LogP contribution in [0, 0.1) is 16.0 Å². The van der Waals surface area contributed by atoms with Crippen molar-refractivity contribution < 1.29 is 27.7 Å². The van der Waals surface area contributed by atoms with Crippen LogP contribution in [0.2, 0.25) is 0 Å². The van der Waals surface area contributed by atoms with Gasteiger partial charge in [0.05, 0.1) is 12.2 Å². The number of aromatic amines is 1. The van der Waals surface area contributed by atoms with Crippen molar-refractivity contribution in [2.24, 2.45) is 5.92 Å². The molecule has 1 fully saturated rings. The second-order valence-corrected chi connectivity index (χ2v) is 12.7. The molecule has 1 aliphatic heterocycles. The molecule has 2 amide bonds. The number of benzene rings is 2. The van der Waals surface area contributed by atoms with Gasteiger partial charge in [0.2, 0.25) is 15.9 Å². The molecule has 0 radical (unpaired) electrons. The van der Waals surface area contributed by atoms with Crippen molar-refractivity contribution in [3.63, 3.8) is 0 Å². The molecule has 15 heteroatoms. The molecule has 0 atom stereocenters. The van der Waals surface area contributed by atoms with E-state index in [1.807, 2.05) is 30.3 Å². The molecule has 1 aliphatic rings. The van der Waals surface area contributed by atoms with E-state index in [9.17, 15) is 28.1 Å². The van der Waals surface area contributed by atoms with E-state index >= 15 is 0 Å². The topological polar surface area (TPSA) is 190 Å². The van der Waals surface area contributed by atoms with E-state index in [2.05, 4.69) is 25.0 Å². The average molecular weight is 648 g/mol. The maximum Gasteiger partial charge on any atom is 0.432 e. The normalized spacial score (nSPS) is 13.6. The van der Waals surface area contributed by atoms with Gasteiger partial charge in [-0.2, -0.15) is 0 Å². The van der Waals surface area contributed by atoms with Crippen molar-refractivity contribution in [1.29, 1.82) is 0 Å². The number of piperidine rings is 1. The second kappa shape index (κ2) is 14.6. The first-order valence-electron chi connectivity index (χ1n) is 14.6. The first-order valence-corrected chi connectivity index (χ1v) is 16.3. The summed E-state index contributed by atoms with van der Waals surface area (Å²) in [5.41, 5.74) is 3.59. The predicted octanol–water partition coefficient (Wildman–Crippen LogP) is 4.03. The lowest BCUT2D eigenvalue weighted by atomic mass is 9.99. The summed E-state index contributed by atoms with van der Waals surface area (Å²) in [6.07, 6.45) is 3.58. The van der Waals surface area contributed by atoms with E-state index in [1.54, 1.807) is 35.2 Å². The zero-order valence-electron chi connectivity index (χ0n) is 24.8. The smallest absolute Gasteiger partial charge is 0.432 e. The molecule has 0 unspecified atom stereocenters. The molecular formula is C31H33N7O7S. The Morgan fingerprint density at radius 3 is 2.33 bits per heavy atom. The number of aromatic nitrogens is 3. The Morgan fingerprint density at radius 1 is 0.957 bits per heavy atom. The SMILES string of the molecule is O=C(Cc1ccc(NS(=O)(=O)CC2CCN(C(=O)OCc3ccccc3)CC2)nc1)NCc1ccc(-c2cnc([N+](=O)[O-])[nH]2)cc1. The molecule has 0 spiro atoms. The number of H-pyrrole nitrogens is 1. The number of anilines is 1. The number of amides is 2. The maximum atomic E-state index is 12.8. The molecule has 2 aromatic heterocycles. The molecular weight excluding hydrogens is 614 g/mol. The van der Waals surface area contributed by atoms with Crippen LogP contribution < -0.4 is 10.0 Å². The van der Waals surface area contributed by atoms with Crippen LogP contribution in [-0.2, 0) is 39.1 Å². The van der Waals surface area contributed by atoms with E-state index in [-0.39, 0.29) is 48.9 Å². The molecule has 3 N–H and O–H groups in total. The number of pyridine rings is 1. The Bertz CT molecular complexity index is 1750. The molecule has 14 nitrogen and oxygen atoms in total. The van der Waals surface area contributed by atoms with Crippen molar-refractivity contribution in [2.75, 3.05) is 23.6 Å². The fraction of sp³-hybridized carbons (Fsp3) is 0.290. The number of rotatable bonds is 12. The summed E-state index contributed by atoms with van der Waals surface area (Å²) < 4.78 is 33.5. The number of likely N-dealkylation sites (tertiary alicyclic amines) is 1. The van der Waals surface area contributed by atoms with E-state index in [4.69, 9.17) is 4.74 Å². The number of hydrogen-bond acceptors (Lipinski definition) is 9. The van der Waals surface area contributed by atoms with Gasteiger partial charge in [-0.15, -0.1) is 0 Å². The summed E-state index contributed by atoms with van der Waals surface area (Å²) >= 11 is 0. The molecule has 0 aliphatic carbocycles. The van der Waals surface area contributed by atoms with Gasteiger partial charge in [-0.25, -0.2) is 23.2 Å². The van der Waals surface area contributed by atoms with Gasteiger partial charge in [-0.1, -0.05) is 65.6 Å². The van der Waals surface area contributed by atoms with Crippen LogP contribution in [0.3, 0.4) is 0 Å². The van der Waals surface area contributed by atoms with Gasteiger partial charge in [0.15, 0.2) is 0 Å². The fourth-order valence-corrected chi connectivity index (χ4v) is 6.47. The number of carbonyl (C=O) groups excluding carboxylic acids is 2. The minimum Gasteiger partial charge on any atom is -0.445 e. The largest absolute Gasteiger partial charge is 0.445 e. The molecule has 46 heavy (non-hydrogen) atoms. The zero-order valence-corrected chi connectivity index (χ0v) is 25.6. The highest BCUT2D eigenvalue weighted by molar-refractivity contribution is 7.92. The van der Waals surface area contributed by atoms with Gasteiger partial charge in [0, 0.05) is 31.4 Å². The number of ether oxygens (including phenoxy) is 1. The van der Waals surface area contributed by atoms with Gasteiger partial charge < -0.3 is 25.1 Å². The summed E-state index contributed by atoms with van der Waals surface area (Å²) in [7, 11) is -3.68. The zero-order chi connectivity index (χ0) is 32.5. The van der Waals surface area contributed by atoms with E-state index in [0.717, 1.165) is 16.7 Å². The first kappa shape index (κ1) is 32.1. The van der Waals surface area contributed by atoms with Crippen molar-refractivity contribution in [3.05, 3.63) is 106 Å². The summed E-state index contributed by atoms with van der Waals surface area (Å²) in [5, 5.41) is 13.6. The predicted molar refractivity (Wildman–Crippen MR) is 169 cm³/mol. The Kier molecular flexibility index (Phi) is 10.2. The van der Waals surface area contributed by atoms with Crippen LogP contribution in [0.5, 0.6) is 0 Å².